The molecule has 0 amide bonds. The lowest BCUT2D eigenvalue weighted by Gasteiger charge is -2.03. The molecule has 84 valence electrons. The monoisotopic (exact) mass is 258 g/mol. The predicted octanol–water partition coefficient (Wildman–Crippen LogP) is 1.56. The van der Waals surface area contributed by atoms with E-state index in [1.54, 1.807) is 18.2 Å². The third-order valence-electron chi connectivity index (χ3n) is 2.19. The van der Waals surface area contributed by atoms with Crippen LogP contribution in [0, 0.1) is 0 Å². The van der Waals surface area contributed by atoms with Crippen molar-refractivity contribution in [3.63, 3.8) is 0 Å². The van der Waals surface area contributed by atoms with Gasteiger partial charge in [-0.25, -0.2) is 4.79 Å². The molecule has 1 heterocycles. The molecule has 0 saturated carbocycles. The topological polar surface area (TPSA) is 65.7 Å². The van der Waals surface area contributed by atoms with Crippen LogP contribution in [0.5, 0.6) is 0 Å². The normalized spacial score (nSPS) is 11.2. The quantitative estimate of drug-likeness (QED) is 0.804. The Morgan fingerprint density at radius 1 is 1.19 bits per heavy atom. The Bertz CT molecular complexity index is 630. The minimum Gasteiger partial charge on any atom is -0.307 e. The van der Waals surface area contributed by atoms with Crippen molar-refractivity contribution >= 4 is 34.1 Å². The van der Waals surface area contributed by atoms with E-state index in [1.807, 2.05) is 0 Å². The van der Waals surface area contributed by atoms with Crippen molar-refractivity contribution in [2.45, 2.75) is 11.3 Å². The Morgan fingerprint density at radius 2 is 1.94 bits per heavy atom. The second-order valence-corrected chi connectivity index (χ2v) is 4.66. The molecule has 2 aromatic rings. The zero-order valence-corrected chi connectivity index (χ0v) is 9.60. The lowest BCUT2D eigenvalue weighted by Crippen LogP contribution is -2.21. The smallest absolute Gasteiger partial charge is 0.307 e. The summed E-state index contributed by atoms with van der Waals surface area (Å²) >= 11 is 11.3. The summed E-state index contributed by atoms with van der Waals surface area (Å²) in [7, 11) is 0. The van der Waals surface area contributed by atoms with E-state index in [0.29, 0.717) is 17.3 Å². The maximum absolute atomic E-state index is 11.5. The molecule has 0 radical (unpaired) electrons. The highest BCUT2D eigenvalue weighted by atomic mass is 35.5. The van der Waals surface area contributed by atoms with Crippen LogP contribution < -0.4 is 11.2 Å². The van der Waals surface area contributed by atoms with Crippen LogP contribution in [-0.2, 0) is 6.42 Å². The van der Waals surface area contributed by atoms with Crippen LogP contribution in [0.1, 0.15) is 5.56 Å². The van der Waals surface area contributed by atoms with E-state index >= 15 is 0 Å². The summed E-state index contributed by atoms with van der Waals surface area (Å²) in [5.41, 5.74) is 0.414. The van der Waals surface area contributed by atoms with E-state index in [2.05, 4.69) is 9.97 Å². The number of alkyl halides is 2. The van der Waals surface area contributed by atoms with Crippen LogP contribution in [0.25, 0.3) is 10.9 Å². The van der Waals surface area contributed by atoms with Gasteiger partial charge in [0.1, 0.15) is 4.84 Å². The lowest BCUT2D eigenvalue weighted by molar-refractivity contribution is 1.06. The third-order valence-corrected chi connectivity index (χ3v) is 2.50. The first kappa shape index (κ1) is 11.2. The number of rotatable bonds is 2. The standard InChI is InChI=1S/C10H8Cl2N2O2/c11-8(12)4-5-1-2-7-6(3-5)9(15)14-10(16)13-7/h1-3,8H,4H2,(H2,13,14,15,16). The van der Waals surface area contributed by atoms with Gasteiger partial charge in [-0.05, 0) is 17.7 Å². The molecular weight excluding hydrogens is 251 g/mol. The van der Waals surface area contributed by atoms with Crippen molar-refractivity contribution in [3.05, 3.63) is 44.6 Å². The van der Waals surface area contributed by atoms with Gasteiger partial charge in [-0.1, -0.05) is 6.07 Å². The second-order valence-electron chi connectivity index (χ2n) is 3.38. The Balaban J connectivity index is 2.62. The van der Waals surface area contributed by atoms with Gasteiger partial charge in [0, 0.05) is 6.42 Å². The van der Waals surface area contributed by atoms with Gasteiger partial charge in [0.15, 0.2) is 0 Å². The lowest BCUT2D eigenvalue weighted by atomic mass is 10.1. The van der Waals surface area contributed by atoms with E-state index in [4.69, 9.17) is 23.2 Å². The predicted molar refractivity (Wildman–Crippen MR) is 64.4 cm³/mol. The van der Waals surface area contributed by atoms with Crippen molar-refractivity contribution in [1.29, 1.82) is 0 Å². The number of nitrogens with one attached hydrogen (secondary N) is 2. The molecular formula is C10H8Cl2N2O2. The molecule has 6 heteroatoms. The van der Waals surface area contributed by atoms with Crippen molar-refractivity contribution in [1.82, 2.24) is 9.97 Å². The van der Waals surface area contributed by atoms with E-state index in [-0.39, 0.29) is 0 Å². The van der Waals surface area contributed by atoms with Gasteiger partial charge < -0.3 is 4.98 Å². The number of hydrogen-bond acceptors (Lipinski definition) is 2. The molecule has 0 aliphatic rings. The summed E-state index contributed by atoms with van der Waals surface area (Å²) in [5.74, 6) is 0. The highest BCUT2D eigenvalue weighted by molar-refractivity contribution is 6.44. The van der Waals surface area contributed by atoms with Crippen LogP contribution in [0.2, 0.25) is 0 Å². The molecule has 0 atom stereocenters. The second kappa shape index (κ2) is 4.31. The van der Waals surface area contributed by atoms with Gasteiger partial charge in [-0.2, -0.15) is 0 Å². The van der Waals surface area contributed by atoms with Gasteiger partial charge in [-0.3, -0.25) is 9.78 Å². The molecule has 0 bridgehead atoms. The van der Waals surface area contributed by atoms with Crippen LogP contribution >= 0.6 is 23.2 Å². The number of aromatic nitrogens is 2. The molecule has 0 aliphatic heterocycles. The van der Waals surface area contributed by atoms with Crippen molar-refractivity contribution in [2.24, 2.45) is 0 Å². The number of benzene rings is 1. The SMILES string of the molecule is O=c1[nH]c(=O)c2cc(CC(Cl)Cl)ccc2[nH]1. The van der Waals surface area contributed by atoms with E-state index in [0.717, 1.165) is 5.56 Å². The summed E-state index contributed by atoms with van der Waals surface area (Å²) in [6.45, 7) is 0. The number of halogens is 2. The number of aromatic amines is 2. The Morgan fingerprint density at radius 3 is 2.62 bits per heavy atom. The molecule has 1 aromatic heterocycles. The van der Waals surface area contributed by atoms with Crippen LogP contribution in [0.15, 0.2) is 27.8 Å². The maximum Gasteiger partial charge on any atom is 0.326 e. The van der Waals surface area contributed by atoms with E-state index in [9.17, 15) is 9.59 Å². The fraction of sp³-hybridized carbons (Fsp3) is 0.200. The average molecular weight is 259 g/mol. The average Bonchev–Trinajstić information content (AvgIpc) is 2.18. The molecule has 1 aromatic carbocycles. The molecule has 4 nitrogen and oxygen atoms in total. The van der Waals surface area contributed by atoms with Gasteiger partial charge in [0.05, 0.1) is 10.9 Å². The summed E-state index contributed by atoms with van der Waals surface area (Å²) in [5, 5.41) is 0.422. The third kappa shape index (κ3) is 2.28. The summed E-state index contributed by atoms with van der Waals surface area (Å²) < 4.78 is 0. The zero-order chi connectivity index (χ0) is 11.7. The van der Waals surface area contributed by atoms with E-state index in [1.165, 1.54) is 0 Å². The van der Waals surface area contributed by atoms with Gasteiger partial charge in [0.25, 0.3) is 5.56 Å². The number of hydrogen-bond donors (Lipinski definition) is 2. The molecule has 2 N–H and O–H groups in total. The van der Waals surface area contributed by atoms with Crippen molar-refractivity contribution < 1.29 is 0 Å². The summed E-state index contributed by atoms with van der Waals surface area (Å²) in [6.07, 6.45) is 0.456. The first-order chi connectivity index (χ1) is 7.56. The highest BCUT2D eigenvalue weighted by Gasteiger charge is 2.05. The fourth-order valence-electron chi connectivity index (χ4n) is 1.52. The molecule has 0 aliphatic carbocycles. The highest BCUT2D eigenvalue weighted by Crippen LogP contribution is 2.14. The summed E-state index contributed by atoms with van der Waals surface area (Å²) in [6, 6.07) is 5.11. The van der Waals surface area contributed by atoms with Gasteiger partial charge >= 0.3 is 5.69 Å². The Kier molecular flexibility index (Phi) is 3.03. The van der Waals surface area contributed by atoms with E-state index < -0.39 is 16.1 Å². The first-order valence-electron chi connectivity index (χ1n) is 4.59. The minimum absolute atomic E-state index is 0.415. The molecule has 2 rings (SSSR count). The van der Waals surface area contributed by atoms with Crippen LogP contribution in [0.4, 0.5) is 0 Å². The fourth-order valence-corrected chi connectivity index (χ4v) is 1.87. The number of H-pyrrole nitrogens is 2. The first-order valence-corrected chi connectivity index (χ1v) is 5.47. The number of fused-ring (bicyclic) bond motifs is 1. The van der Waals surface area contributed by atoms with Crippen LogP contribution in [-0.4, -0.2) is 14.8 Å². The summed E-state index contributed by atoms with van der Waals surface area (Å²) in [4.78, 5) is 26.7. The Hall–Kier alpha value is -1.26. The van der Waals surface area contributed by atoms with Gasteiger partial charge in [-0.15, -0.1) is 23.2 Å². The molecule has 16 heavy (non-hydrogen) atoms. The largest absolute Gasteiger partial charge is 0.326 e. The molecule has 0 saturated heterocycles. The van der Waals surface area contributed by atoms with Gasteiger partial charge in [0.2, 0.25) is 0 Å². The maximum atomic E-state index is 11.5. The Labute approximate surface area is 100 Å². The van der Waals surface area contributed by atoms with Crippen molar-refractivity contribution in [2.75, 3.05) is 0 Å². The van der Waals surface area contributed by atoms with Crippen LogP contribution in [0.3, 0.4) is 0 Å². The zero-order valence-electron chi connectivity index (χ0n) is 8.09. The minimum atomic E-state index is -0.516. The molecule has 0 unspecified atom stereocenters. The molecule has 0 fully saturated rings. The van der Waals surface area contributed by atoms with Crippen molar-refractivity contribution in [3.8, 4) is 0 Å². The molecule has 0 spiro atoms.